The molecular weight excluding hydrogens is 160 g/mol. The fourth-order valence-corrected chi connectivity index (χ4v) is 2.13. The molecule has 2 atom stereocenters. The summed E-state index contributed by atoms with van der Waals surface area (Å²) in [6.07, 6.45) is 9.05. The van der Waals surface area contributed by atoms with Crippen LogP contribution in [0.4, 0.5) is 0 Å². The maximum Gasteiger partial charge on any atom is 0.0723 e. The molecule has 0 heterocycles. The first-order valence-electron chi connectivity index (χ1n) is 5.62. The third-order valence-corrected chi connectivity index (χ3v) is 2.98. The molecule has 0 radical (unpaired) electrons. The van der Waals surface area contributed by atoms with E-state index in [-0.39, 0.29) is 6.10 Å². The lowest BCUT2D eigenvalue weighted by atomic mass is 9.93. The number of aliphatic hydroxyl groups excluding tert-OH is 1. The van der Waals surface area contributed by atoms with Crippen LogP contribution in [0.1, 0.15) is 52.4 Å². The SMILES string of the molecule is CCCC(C)C1=CC(O)CCCC1. The Kier molecular flexibility index (Phi) is 4.51. The van der Waals surface area contributed by atoms with E-state index in [4.69, 9.17) is 0 Å². The second kappa shape index (κ2) is 5.43. The van der Waals surface area contributed by atoms with Gasteiger partial charge in [-0.2, -0.15) is 0 Å². The van der Waals surface area contributed by atoms with Crippen LogP contribution in [0, 0.1) is 5.92 Å². The van der Waals surface area contributed by atoms with Gasteiger partial charge in [-0.05, 0) is 31.6 Å². The minimum absolute atomic E-state index is 0.170. The molecule has 1 N–H and O–H groups in total. The van der Waals surface area contributed by atoms with Crippen molar-refractivity contribution >= 4 is 0 Å². The van der Waals surface area contributed by atoms with Gasteiger partial charge in [-0.1, -0.05) is 38.3 Å². The van der Waals surface area contributed by atoms with Gasteiger partial charge in [0.2, 0.25) is 0 Å². The highest BCUT2D eigenvalue weighted by atomic mass is 16.3. The van der Waals surface area contributed by atoms with Crippen molar-refractivity contribution in [1.82, 2.24) is 0 Å². The van der Waals surface area contributed by atoms with Gasteiger partial charge < -0.3 is 5.11 Å². The fraction of sp³-hybridized carbons (Fsp3) is 0.833. The highest BCUT2D eigenvalue weighted by molar-refractivity contribution is 5.10. The topological polar surface area (TPSA) is 20.2 Å². The molecule has 0 aliphatic heterocycles. The zero-order valence-electron chi connectivity index (χ0n) is 8.92. The molecule has 1 aliphatic carbocycles. The van der Waals surface area contributed by atoms with Crippen molar-refractivity contribution in [2.45, 2.75) is 58.5 Å². The lowest BCUT2D eigenvalue weighted by Gasteiger charge is -2.14. The summed E-state index contributed by atoms with van der Waals surface area (Å²) >= 11 is 0. The monoisotopic (exact) mass is 182 g/mol. The molecule has 0 spiro atoms. The molecule has 1 heteroatoms. The minimum Gasteiger partial charge on any atom is -0.389 e. The van der Waals surface area contributed by atoms with Gasteiger partial charge in [0, 0.05) is 0 Å². The van der Waals surface area contributed by atoms with E-state index in [0.29, 0.717) is 5.92 Å². The molecule has 0 amide bonds. The Labute approximate surface area is 81.9 Å². The van der Waals surface area contributed by atoms with Gasteiger partial charge in [-0.3, -0.25) is 0 Å². The normalized spacial score (nSPS) is 26.4. The first kappa shape index (κ1) is 10.8. The van der Waals surface area contributed by atoms with E-state index in [0.717, 1.165) is 6.42 Å². The lowest BCUT2D eigenvalue weighted by molar-refractivity contribution is 0.210. The van der Waals surface area contributed by atoms with E-state index in [1.165, 1.54) is 37.7 Å². The van der Waals surface area contributed by atoms with Crippen molar-refractivity contribution in [3.8, 4) is 0 Å². The molecule has 0 aromatic rings. The molecule has 1 nitrogen and oxygen atoms in total. The third kappa shape index (κ3) is 3.51. The van der Waals surface area contributed by atoms with Crippen LogP contribution in [0.25, 0.3) is 0 Å². The van der Waals surface area contributed by atoms with Gasteiger partial charge in [0.25, 0.3) is 0 Å². The second-order valence-electron chi connectivity index (χ2n) is 4.24. The summed E-state index contributed by atoms with van der Waals surface area (Å²) in [6, 6.07) is 0. The van der Waals surface area contributed by atoms with Gasteiger partial charge >= 0.3 is 0 Å². The molecule has 76 valence electrons. The maximum absolute atomic E-state index is 9.60. The van der Waals surface area contributed by atoms with Crippen LogP contribution in [0.5, 0.6) is 0 Å². The zero-order chi connectivity index (χ0) is 9.68. The predicted octanol–water partition coefficient (Wildman–Crippen LogP) is 3.28. The van der Waals surface area contributed by atoms with Crippen molar-refractivity contribution in [2.24, 2.45) is 5.92 Å². The van der Waals surface area contributed by atoms with Crippen LogP contribution in [-0.4, -0.2) is 11.2 Å². The van der Waals surface area contributed by atoms with Crippen molar-refractivity contribution in [1.29, 1.82) is 0 Å². The largest absolute Gasteiger partial charge is 0.389 e. The van der Waals surface area contributed by atoms with Gasteiger partial charge in [0.1, 0.15) is 0 Å². The van der Waals surface area contributed by atoms with E-state index in [1.54, 1.807) is 0 Å². The molecule has 0 bridgehead atoms. The van der Waals surface area contributed by atoms with Crippen molar-refractivity contribution in [3.63, 3.8) is 0 Å². The summed E-state index contributed by atoms with van der Waals surface area (Å²) in [6.45, 7) is 4.51. The number of allylic oxidation sites excluding steroid dienone is 1. The van der Waals surface area contributed by atoms with E-state index in [2.05, 4.69) is 19.9 Å². The lowest BCUT2D eigenvalue weighted by Crippen LogP contribution is -2.04. The standard InChI is InChI=1S/C12H22O/c1-3-6-10(2)11-7-4-5-8-12(13)9-11/h9-10,12-13H,3-8H2,1-2H3. The van der Waals surface area contributed by atoms with E-state index >= 15 is 0 Å². The molecule has 0 fully saturated rings. The number of hydrogen-bond acceptors (Lipinski definition) is 1. The quantitative estimate of drug-likeness (QED) is 0.664. The van der Waals surface area contributed by atoms with Crippen LogP contribution in [0.15, 0.2) is 11.6 Å². The van der Waals surface area contributed by atoms with E-state index in [1.807, 2.05) is 0 Å². The number of rotatable bonds is 3. The van der Waals surface area contributed by atoms with Crippen molar-refractivity contribution in [2.75, 3.05) is 0 Å². The third-order valence-electron chi connectivity index (χ3n) is 2.98. The summed E-state index contributed by atoms with van der Waals surface area (Å²) in [5.41, 5.74) is 1.49. The molecule has 0 saturated heterocycles. The van der Waals surface area contributed by atoms with Gasteiger partial charge in [0.05, 0.1) is 6.10 Å². The van der Waals surface area contributed by atoms with Crippen LogP contribution < -0.4 is 0 Å². The molecule has 0 saturated carbocycles. The Bertz CT molecular complexity index is 172. The van der Waals surface area contributed by atoms with Crippen LogP contribution >= 0.6 is 0 Å². The molecule has 0 aromatic carbocycles. The Morgan fingerprint density at radius 1 is 1.54 bits per heavy atom. The van der Waals surface area contributed by atoms with Crippen LogP contribution in [0.3, 0.4) is 0 Å². The molecule has 1 rings (SSSR count). The number of aliphatic hydroxyl groups is 1. The first-order valence-corrected chi connectivity index (χ1v) is 5.62. The van der Waals surface area contributed by atoms with Gasteiger partial charge in [-0.15, -0.1) is 0 Å². The minimum atomic E-state index is -0.170. The smallest absolute Gasteiger partial charge is 0.0723 e. The molecule has 1 aliphatic rings. The Hall–Kier alpha value is -0.300. The average Bonchev–Trinajstić information content (AvgIpc) is 2.30. The van der Waals surface area contributed by atoms with E-state index < -0.39 is 0 Å². The van der Waals surface area contributed by atoms with Gasteiger partial charge in [0.15, 0.2) is 0 Å². The van der Waals surface area contributed by atoms with Gasteiger partial charge in [-0.25, -0.2) is 0 Å². The molecule has 0 aromatic heterocycles. The Morgan fingerprint density at radius 2 is 2.31 bits per heavy atom. The summed E-state index contributed by atoms with van der Waals surface area (Å²) < 4.78 is 0. The number of hydrogen-bond donors (Lipinski definition) is 1. The fourth-order valence-electron chi connectivity index (χ4n) is 2.13. The summed E-state index contributed by atoms with van der Waals surface area (Å²) in [4.78, 5) is 0. The maximum atomic E-state index is 9.60. The van der Waals surface area contributed by atoms with Crippen LogP contribution in [0.2, 0.25) is 0 Å². The summed E-state index contributed by atoms with van der Waals surface area (Å²) in [5.74, 6) is 0.678. The highest BCUT2D eigenvalue weighted by Gasteiger charge is 2.13. The summed E-state index contributed by atoms with van der Waals surface area (Å²) in [5, 5.41) is 9.60. The Balaban J connectivity index is 2.53. The van der Waals surface area contributed by atoms with E-state index in [9.17, 15) is 5.11 Å². The highest BCUT2D eigenvalue weighted by Crippen LogP contribution is 2.26. The zero-order valence-corrected chi connectivity index (χ0v) is 8.92. The predicted molar refractivity (Wildman–Crippen MR) is 56.6 cm³/mol. The summed E-state index contributed by atoms with van der Waals surface area (Å²) in [7, 11) is 0. The van der Waals surface area contributed by atoms with Crippen molar-refractivity contribution in [3.05, 3.63) is 11.6 Å². The molecular formula is C12H22O. The van der Waals surface area contributed by atoms with Crippen molar-refractivity contribution < 1.29 is 5.11 Å². The van der Waals surface area contributed by atoms with Crippen LogP contribution in [-0.2, 0) is 0 Å². The average molecular weight is 182 g/mol. The Morgan fingerprint density at radius 3 is 3.00 bits per heavy atom. The second-order valence-corrected chi connectivity index (χ2v) is 4.24. The first-order chi connectivity index (χ1) is 6.24. The molecule has 13 heavy (non-hydrogen) atoms. The molecule has 2 unspecified atom stereocenters.